The van der Waals surface area contributed by atoms with Crippen LogP contribution in [-0.4, -0.2) is 34.9 Å². The van der Waals surface area contributed by atoms with E-state index in [0.29, 0.717) is 6.42 Å². The van der Waals surface area contributed by atoms with Gasteiger partial charge >= 0.3 is 0 Å². The molecule has 0 aliphatic rings. The molecule has 1 rings (SSSR count). The minimum absolute atomic E-state index is 0.205. The van der Waals surface area contributed by atoms with Gasteiger partial charge in [0.1, 0.15) is 0 Å². The van der Waals surface area contributed by atoms with E-state index in [2.05, 4.69) is 16.8 Å². The Kier molecular flexibility index (Phi) is 5.94. The largest absolute Gasteiger partial charge is 0.396 e. The van der Waals surface area contributed by atoms with Crippen LogP contribution in [0.25, 0.3) is 0 Å². The SMILES string of the molecule is CC[C@@H](O)c1ccc(N(CC)CCCO)cn1. The molecule has 1 aromatic heterocycles. The van der Waals surface area contributed by atoms with Gasteiger partial charge in [0.25, 0.3) is 0 Å². The molecular formula is C13H22N2O2. The molecule has 0 aliphatic heterocycles. The number of aliphatic hydroxyl groups excluding tert-OH is 2. The van der Waals surface area contributed by atoms with Crippen molar-refractivity contribution in [1.82, 2.24) is 4.98 Å². The van der Waals surface area contributed by atoms with E-state index in [-0.39, 0.29) is 6.61 Å². The third kappa shape index (κ3) is 3.98. The number of hydrogen-bond donors (Lipinski definition) is 2. The summed E-state index contributed by atoms with van der Waals surface area (Å²) in [6.07, 6.45) is 2.74. The third-order valence-electron chi connectivity index (χ3n) is 2.83. The van der Waals surface area contributed by atoms with Crippen LogP contribution in [0.1, 0.15) is 38.5 Å². The molecule has 1 heterocycles. The Morgan fingerprint density at radius 1 is 1.35 bits per heavy atom. The zero-order valence-corrected chi connectivity index (χ0v) is 10.6. The number of aromatic nitrogens is 1. The van der Waals surface area contributed by atoms with Gasteiger partial charge in [0.2, 0.25) is 0 Å². The van der Waals surface area contributed by atoms with Crippen molar-refractivity contribution < 1.29 is 10.2 Å². The average Bonchev–Trinajstić information content (AvgIpc) is 2.39. The van der Waals surface area contributed by atoms with Gasteiger partial charge in [-0.25, -0.2) is 0 Å². The molecule has 96 valence electrons. The van der Waals surface area contributed by atoms with Gasteiger partial charge in [-0.1, -0.05) is 6.92 Å². The molecule has 4 nitrogen and oxygen atoms in total. The molecule has 17 heavy (non-hydrogen) atoms. The molecule has 4 heteroatoms. The lowest BCUT2D eigenvalue weighted by atomic mass is 10.2. The van der Waals surface area contributed by atoms with Crippen molar-refractivity contribution in [2.75, 3.05) is 24.6 Å². The van der Waals surface area contributed by atoms with E-state index < -0.39 is 6.10 Å². The van der Waals surface area contributed by atoms with Crippen molar-refractivity contribution in [3.05, 3.63) is 24.0 Å². The first kappa shape index (κ1) is 13.9. The van der Waals surface area contributed by atoms with Gasteiger partial charge in [-0.3, -0.25) is 4.98 Å². The van der Waals surface area contributed by atoms with Crippen molar-refractivity contribution in [1.29, 1.82) is 0 Å². The van der Waals surface area contributed by atoms with Gasteiger partial charge in [-0.15, -0.1) is 0 Å². The van der Waals surface area contributed by atoms with Crippen LogP contribution in [0.2, 0.25) is 0 Å². The summed E-state index contributed by atoms with van der Waals surface area (Å²) in [5.41, 5.74) is 1.75. The fourth-order valence-electron chi connectivity index (χ4n) is 1.72. The highest BCUT2D eigenvalue weighted by Gasteiger charge is 2.08. The standard InChI is InChI=1S/C13H22N2O2/c1-3-13(17)12-7-6-11(10-14-12)15(4-2)8-5-9-16/h6-7,10,13,16-17H,3-5,8-9H2,1-2H3/t13-/m1/s1. The van der Waals surface area contributed by atoms with Crippen LogP contribution >= 0.6 is 0 Å². The highest BCUT2D eigenvalue weighted by molar-refractivity contribution is 5.44. The third-order valence-corrected chi connectivity index (χ3v) is 2.83. The quantitative estimate of drug-likeness (QED) is 0.759. The van der Waals surface area contributed by atoms with Crippen LogP contribution in [0.15, 0.2) is 18.3 Å². The number of rotatable bonds is 7. The van der Waals surface area contributed by atoms with E-state index in [9.17, 15) is 5.11 Å². The molecule has 0 unspecified atom stereocenters. The van der Waals surface area contributed by atoms with Crippen LogP contribution < -0.4 is 4.90 Å². The first-order chi connectivity index (χ1) is 8.22. The van der Waals surface area contributed by atoms with E-state index in [1.165, 1.54) is 0 Å². The molecule has 0 radical (unpaired) electrons. The maximum Gasteiger partial charge on any atom is 0.0957 e. The lowest BCUT2D eigenvalue weighted by Gasteiger charge is -2.22. The predicted octanol–water partition coefficient (Wildman–Crippen LogP) is 1.73. The zero-order chi connectivity index (χ0) is 12.7. The second-order valence-corrected chi connectivity index (χ2v) is 4.02. The molecule has 0 aliphatic carbocycles. The molecule has 0 saturated carbocycles. The molecule has 1 atom stereocenters. The Labute approximate surface area is 103 Å². The fourth-order valence-corrected chi connectivity index (χ4v) is 1.72. The summed E-state index contributed by atoms with van der Waals surface area (Å²) >= 11 is 0. The number of nitrogens with zero attached hydrogens (tertiary/aromatic N) is 2. The minimum atomic E-state index is -0.475. The van der Waals surface area contributed by atoms with Crippen LogP contribution in [0.3, 0.4) is 0 Å². The normalized spacial score (nSPS) is 12.5. The van der Waals surface area contributed by atoms with E-state index >= 15 is 0 Å². The van der Waals surface area contributed by atoms with Gasteiger partial charge < -0.3 is 15.1 Å². The lowest BCUT2D eigenvalue weighted by Crippen LogP contribution is -2.24. The summed E-state index contributed by atoms with van der Waals surface area (Å²) in [4.78, 5) is 6.43. The number of hydrogen-bond acceptors (Lipinski definition) is 4. The average molecular weight is 238 g/mol. The zero-order valence-electron chi connectivity index (χ0n) is 10.6. The number of pyridine rings is 1. The van der Waals surface area contributed by atoms with Crippen LogP contribution in [0.5, 0.6) is 0 Å². The summed E-state index contributed by atoms with van der Waals surface area (Å²) < 4.78 is 0. The van der Waals surface area contributed by atoms with Gasteiger partial charge in [0.05, 0.1) is 23.7 Å². The Balaban J connectivity index is 2.70. The van der Waals surface area contributed by atoms with Crippen LogP contribution in [0, 0.1) is 0 Å². The van der Waals surface area contributed by atoms with Gasteiger partial charge in [-0.05, 0) is 31.9 Å². The van der Waals surface area contributed by atoms with Gasteiger partial charge in [-0.2, -0.15) is 0 Å². The summed E-state index contributed by atoms with van der Waals surface area (Å²) in [6, 6.07) is 3.84. The molecule has 1 aromatic rings. The van der Waals surface area contributed by atoms with Gasteiger partial charge in [0, 0.05) is 19.7 Å². The van der Waals surface area contributed by atoms with Crippen molar-refractivity contribution in [2.45, 2.75) is 32.8 Å². The predicted molar refractivity (Wildman–Crippen MR) is 69.1 cm³/mol. The maximum absolute atomic E-state index is 9.65. The molecule has 0 fully saturated rings. The highest BCUT2D eigenvalue weighted by atomic mass is 16.3. The Bertz CT molecular complexity index is 314. The first-order valence-corrected chi connectivity index (χ1v) is 6.22. The molecular weight excluding hydrogens is 216 g/mol. The monoisotopic (exact) mass is 238 g/mol. The van der Waals surface area contributed by atoms with Crippen LogP contribution in [-0.2, 0) is 0 Å². The van der Waals surface area contributed by atoms with Crippen LogP contribution in [0.4, 0.5) is 5.69 Å². The molecule has 0 spiro atoms. The first-order valence-electron chi connectivity index (χ1n) is 6.22. The molecule has 0 saturated heterocycles. The lowest BCUT2D eigenvalue weighted by molar-refractivity contribution is 0.169. The smallest absolute Gasteiger partial charge is 0.0957 e. The summed E-state index contributed by atoms with van der Waals surface area (Å²) in [5.74, 6) is 0. The Hall–Kier alpha value is -1.13. The second kappa shape index (κ2) is 7.25. The van der Waals surface area contributed by atoms with Crippen molar-refractivity contribution in [3.8, 4) is 0 Å². The number of aliphatic hydroxyl groups is 2. The van der Waals surface area contributed by atoms with Crippen molar-refractivity contribution >= 4 is 5.69 Å². The maximum atomic E-state index is 9.65. The van der Waals surface area contributed by atoms with E-state index in [1.54, 1.807) is 6.20 Å². The minimum Gasteiger partial charge on any atom is -0.396 e. The molecule has 0 aromatic carbocycles. The van der Waals surface area contributed by atoms with Crippen molar-refractivity contribution in [2.24, 2.45) is 0 Å². The van der Waals surface area contributed by atoms with Gasteiger partial charge in [0.15, 0.2) is 0 Å². The molecule has 0 amide bonds. The van der Waals surface area contributed by atoms with E-state index in [0.717, 1.165) is 30.9 Å². The van der Waals surface area contributed by atoms with E-state index in [4.69, 9.17) is 5.11 Å². The summed E-state index contributed by atoms with van der Waals surface area (Å²) in [5, 5.41) is 18.5. The topological polar surface area (TPSA) is 56.6 Å². The second-order valence-electron chi connectivity index (χ2n) is 4.02. The summed E-state index contributed by atoms with van der Waals surface area (Å²) in [6.45, 7) is 5.92. The van der Waals surface area contributed by atoms with E-state index in [1.807, 2.05) is 19.1 Å². The summed E-state index contributed by atoms with van der Waals surface area (Å²) in [7, 11) is 0. The Morgan fingerprint density at radius 2 is 2.12 bits per heavy atom. The highest BCUT2D eigenvalue weighted by Crippen LogP contribution is 2.18. The number of anilines is 1. The van der Waals surface area contributed by atoms with Crippen molar-refractivity contribution in [3.63, 3.8) is 0 Å². The Morgan fingerprint density at radius 3 is 2.59 bits per heavy atom. The molecule has 0 bridgehead atoms. The fraction of sp³-hybridized carbons (Fsp3) is 0.615. The molecule has 2 N–H and O–H groups in total.